The number of carbonyl (C=O) groups is 1. The summed E-state index contributed by atoms with van der Waals surface area (Å²) in [6.07, 6.45) is 7.20. The zero-order valence-electron chi connectivity index (χ0n) is 6.92. The van der Waals surface area contributed by atoms with Crippen LogP contribution in [-0.4, -0.2) is 29.2 Å². The highest BCUT2D eigenvalue weighted by molar-refractivity contribution is 9.09. The maximum absolute atomic E-state index is 11.2. The maximum atomic E-state index is 11.2. The quantitative estimate of drug-likeness (QED) is 0.490. The maximum Gasteiger partial charge on any atom is 0.233 e. The summed E-state index contributed by atoms with van der Waals surface area (Å²) in [5, 5.41) is 0.424. The van der Waals surface area contributed by atoms with Crippen molar-refractivity contribution in [2.45, 2.75) is 12.8 Å². The number of terminal acetylenes is 1. The van der Waals surface area contributed by atoms with E-state index in [-0.39, 0.29) is 5.91 Å². The molecule has 3 heteroatoms. The number of hydrogen-bond acceptors (Lipinski definition) is 1. The minimum Gasteiger partial charge on any atom is -0.342 e. The van der Waals surface area contributed by atoms with Crippen LogP contribution in [0.3, 0.4) is 0 Å². The third-order valence-corrected chi connectivity index (χ3v) is 2.68. The normalized spacial score (nSPS) is 18.8. The number of nitrogens with zero attached hydrogens (tertiary/aromatic N) is 1. The van der Waals surface area contributed by atoms with Crippen LogP contribution in [0.4, 0.5) is 0 Å². The monoisotopic (exact) mass is 229 g/mol. The lowest BCUT2D eigenvalue weighted by Crippen LogP contribution is -2.38. The lowest BCUT2D eigenvalue weighted by molar-refractivity contribution is -0.129. The van der Waals surface area contributed by atoms with Crippen molar-refractivity contribution >= 4 is 21.8 Å². The summed E-state index contributed by atoms with van der Waals surface area (Å²) in [4.78, 5) is 13.1. The van der Waals surface area contributed by atoms with E-state index >= 15 is 0 Å². The van der Waals surface area contributed by atoms with E-state index in [0.717, 1.165) is 25.9 Å². The van der Waals surface area contributed by atoms with Crippen molar-refractivity contribution in [1.82, 2.24) is 4.90 Å². The summed E-state index contributed by atoms with van der Waals surface area (Å²) >= 11 is 3.15. The minimum atomic E-state index is 0.172. The molecule has 0 bridgehead atoms. The van der Waals surface area contributed by atoms with Gasteiger partial charge in [0.25, 0.3) is 0 Å². The van der Waals surface area contributed by atoms with Gasteiger partial charge in [0.15, 0.2) is 0 Å². The van der Waals surface area contributed by atoms with Crippen LogP contribution in [0.2, 0.25) is 0 Å². The topological polar surface area (TPSA) is 20.3 Å². The third kappa shape index (κ3) is 2.25. The van der Waals surface area contributed by atoms with E-state index in [1.54, 1.807) is 0 Å². The van der Waals surface area contributed by atoms with Crippen LogP contribution in [0.15, 0.2) is 0 Å². The van der Waals surface area contributed by atoms with Gasteiger partial charge in [-0.2, -0.15) is 0 Å². The molecule has 66 valence electrons. The summed E-state index contributed by atoms with van der Waals surface area (Å²) in [5.41, 5.74) is 0. The second-order valence-corrected chi connectivity index (χ2v) is 3.52. The molecule has 0 aromatic carbocycles. The van der Waals surface area contributed by atoms with Gasteiger partial charge in [0, 0.05) is 19.0 Å². The van der Waals surface area contributed by atoms with Crippen molar-refractivity contribution in [3.8, 4) is 12.3 Å². The molecule has 1 aliphatic heterocycles. The second-order valence-electron chi connectivity index (χ2n) is 2.96. The van der Waals surface area contributed by atoms with E-state index in [1.807, 2.05) is 4.90 Å². The number of piperidine rings is 1. The van der Waals surface area contributed by atoms with Gasteiger partial charge >= 0.3 is 0 Å². The van der Waals surface area contributed by atoms with Crippen LogP contribution >= 0.6 is 15.9 Å². The highest BCUT2D eigenvalue weighted by Gasteiger charge is 2.20. The molecule has 12 heavy (non-hydrogen) atoms. The van der Waals surface area contributed by atoms with E-state index in [2.05, 4.69) is 21.9 Å². The molecule has 1 fully saturated rings. The molecule has 1 saturated heterocycles. The number of hydrogen-bond donors (Lipinski definition) is 0. The molecule has 1 heterocycles. The summed E-state index contributed by atoms with van der Waals surface area (Å²) in [6.45, 7) is 1.64. The van der Waals surface area contributed by atoms with Gasteiger partial charge in [-0.05, 0) is 12.8 Å². The van der Waals surface area contributed by atoms with Gasteiger partial charge in [0.05, 0.1) is 5.33 Å². The third-order valence-electron chi connectivity index (χ3n) is 2.20. The highest BCUT2D eigenvalue weighted by Crippen LogP contribution is 2.16. The first-order chi connectivity index (χ1) is 5.77. The molecular weight excluding hydrogens is 218 g/mol. The van der Waals surface area contributed by atoms with Gasteiger partial charge in [-0.25, -0.2) is 0 Å². The second kappa shape index (κ2) is 4.51. The molecule has 1 aliphatic rings. The van der Waals surface area contributed by atoms with Crippen molar-refractivity contribution in [3.63, 3.8) is 0 Å². The summed E-state index contributed by atoms with van der Waals surface area (Å²) in [6, 6.07) is 0. The molecule has 0 saturated carbocycles. The van der Waals surface area contributed by atoms with Crippen molar-refractivity contribution in [1.29, 1.82) is 0 Å². The number of amides is 1. The Kier molecular flexibility index (Phi) is 3.61. The van der Waals surface area contributed by atoms with Crippen molar-refractivity contribution in [2.75, 3.05) is 18.4 Å². The van der Waals surface area contributed by atoms with Crippen LogP contribution in [-0.2, 0) is 4.79 Å². The van der Waals surface area contributed by atoms with Gasteiger partial charge in [-0.15, -0.1) is 12.3 Å². The first kappa shape index (κ1) is 9.60. The van der Waals surface area contributed by atoms with Crippen LogP contribution in [0.1, 0.15) is 12.8 Å². The Morgan fingerprint density at radius 2 is 2.17 bits per heavy atom. The molecule has 0 aliphatic carbocycles. The lowest BCUT2D eigenvalue weighted by Gasteiger charge is -2.29. The van der Waals surface area contributed by atoms with Gasteiger partial charge in [-0.1, -0.05) is 15.9 Å². The van der Waals surface area contributed by atoms with E-state index in [0.29, 0.717) is 11.2 Å². The predicted molar refractivity (Wildman–Crippen MR) is 51.9 cm³/mol. The zero-order valence-corrected chi connectivity index (χ0v) is 8.51. The van der Waals surface area contributed by atoms with E-state index in [1.165, 1.54) is 0 Å². The molecule has 0 unspecified atom stereocenters. The van der Waals surface area contributed by atoms with Gasteiger partial charge in [0.1, 0.15) is 0 Å². The van der Waals surface area contributed by atoms with E-state index in [4.69, 9.17) is 6.42 Å². The zero-order chi connectivity index (χ0) is 8.97. The SMILES string of the molecule is C#CC1CCN(C(=O)CBr)CC1. The van der Waals surface area contributed by atoms with Gasteiger partial charge < -0.3 is 4.90 Å². The first-order valence-electron chi connectivity index (χ1n) is 4.07. The summed E-state index contributed by atoms with van der Waals surface area (Å²) in [7, 11) is 0. The molecule has 0 N–H and O–H groups in total. The Hall–Kier alpha value is -0.490. The molecule has 2 nitrogen and oxygen atoms in total. The number of rotatable bonds is 1. The molecular formula is C9H12BrNO. The Balaban J connectivity index is 2.37. The van der Waals surface area contributed by atoms with Crippen LogP contribution in [0.25, 0.3) is 0 Å². The highest BCUT2D eigenvalue weighted by atomic mass is 79.9. The molecule has 1 rings (SSSR count). The number of likely N-dealkylation sites (tertiary alicyclic amines) is 1. The van der Waals surface area contributed by atoms with Crippen LogP contribution in [0.5, 0.6) is 0 Å². The minimum absolute atomic E-state index is 0.172. The fourth-order valence-electron chi connectivity index (χ4n) is 1.38. The molecule has 0 radical (unpaired) electrons. The predicted octanol–water partition coefficient (Wildman–Crippen LogP) is 1.25. The van der Waals surface area contributed by atoms with E-state index < -0.39 is 0 Å². The van der Waals surface area contributed by atoms with E-state index in [9.17, 15) is 4.79 Å². The summed E-state index contributed by atoms with van der Waals surface area (Å²) < 4.78 is 0. The van der Waals surface area contributed by atoms with Crippen molar-refractivity contribution < 1.29 is 4.79 Å². The largest absolute Gasteiger partial charge is 0.342 e. The van der Waals surface area contributed by atoms with Crippen LogP contribution < -0.4 is 0 Å². The first-order valence-corrected chi connectivity index (χ1v) is 5.20. The number of halogens is 1. The lowest BCUT2D eigenvalue weighted by atomic mass is 9.98. The van der Waals surface area contributed by atoms with Gasteiger partial charge in [0.2, 0.25) is 5.91 Å². The molecule has 0 atom stereocenters. The summed E-state index contributed by atoms with van der Waals surface area (Å²) in [5.74, 6) is 3.28. The van der Waals surface area contributed by atoms with Crippen LogP contribution in [0, 0.1) is 18.3 Å². The van der Waals surface area contributed by atoms with Crippen molar-refractivity contribution in [3.05, 3.63) is 0 Å². The average Bonchev–Trinajstić information content (AvgIpc) is 2.17. The standard InChI is InChI=1S/C9H12BrNO/c1-2-8-3-5-11(6-4-8)9(12)7-10/h1,8H,3-7H2. The Labute approximate surface area is 81.4 Å². The van der Waals surface area contributed by atoms with Crippen molar-refractivity contribution in [2.24, 2.45) is 5.92 Å². The number of carbonyl (C=O) groups excluding carboxylic acids is 1. The fourth-order valence-corrected chi connectivity index (χ4v) is 1.73. The Morgan fingerprint density at radius 3 is 2.58 bits per heavy atom. The smallest absolute Gasteiger partial charge is 0.233 e. The molecule has 0 spiro atoms. The average molecular weight is 230 g/mol. The number of alkyl halides is 1. The Bertz CT molecular complexity index is 201. The van der Waals surface area contributed by atoms with Gasteiger partial charge in [-0.3, -0.25) is 4.79 Å². The molecule has 0 aromatic rings. The Morgan fingerprint density at radius 1 is 1.58 bits per heavy atom. The molecule has 1 amide bonds. The fraction of sp³-hybridized carbons (Fsp3) is 0.667. The molecule has 0 aromatic heterocycles.